The highest BCUT2D eigenvalue weighted by atomic mass is 16.7. The quantitative estimate of drug-likeness (QED) is 0.675. The molecule has 0 spiro atoms. The lowest BCUT2D eigenvalue weighted by atomic mass is 9.96. The molecule has 0 radical (unpaired) electrons. The van der Waals surface area contributed by atoms with Gasteiger partial charge in [0.2, 0.25) is 13.6 Å². The molecule has 0 saturated heterocycles. The van der Waals surface area contributed by atoms with E-state index in [4.69, 9.17) is 18.9 Å². The number of ether oxygens (including phenoxy) is 4. The molecule has 3 aromatic carbocycles. The summed E-state index contributed by atoms with van der Waals surface area (Å²) < 4.78 is 21.6. The number of ketones is 1. The zero-order valence-corrected chi connectivity index (χ0v) is 14.9. The van der Waals surface area contributed by atoms with Crippen LogP contribution in [0.1, 0.15) is 22.0 Å². The third-order valence-corrected chi connectivity index (χ3v) is 4.73. The highest BCUT2D eigenvalue weighted by molar-refractivity contribution is 6.02. The van der Waals surface area contributed by atoms with Crippen LogP contribution in [0.5, 0.6) is 23.0 Å². The van der Waals surface area contributed by atoms with E-state index in [1.165, 1.54) is 0 Å². The molecule has 3 aromatic rings. The standard InChI is InChI=1S/C22H17NO5/c24-22(15-7-9-18-20(11-15)28-13-26-18)21(23-16-4-2-1-3-5-16)14-6-8-17-19(10-14)27-12-25-17/h1-11,21,23H,12-13H2/t21-/m1/s1. The summed E-state index contributed by atoms with van der Waals surface area (Å²) in [6.45, 7) is 0.354. The topological polar surface area (TPSA) is 66.0 Å². The van der Waals surface area contributed by atoms with E-state index in [1.54, 1.807) is 18.2 Å². The zero-order valence-electron chi connectivity index (χ0n) is 14.9. The normalized spacial score (nSPS) is 14.6. The predicted molar refractivity (Wildman–Crippen MR) is 102 cm³/mol. The van der Waals surface area contributed by atoms with Crippen LogP contribution in [0.4, 0.5) is 5.69 Å². The van der Waals surface area contributed by atoms with Crippen molar-refractivity contribution in [2.24, 2.45) is 0 Å². The monoisotopic (exact) mass is 375 g/mol. The van der Waals surface area contributed by atoms with Crippen molar-refractivity contribution in [3.8, 4) is 23.0 Å². The van der Waals surface area contributed by atoms with Gasteiger partial charge in [-0.2, -0.15) is 0 Å². The van der Waals surface area contributed by atoms with E-state index in [0.29, 0.717) is 28.6 Å². The molecule has 28 heavy (non-hydrogen) atoms. The Balaban J connectivity index is 1.52. The van der Waals surface area contributed by atoms with E-state index >= 15 is 0 Å². The lowest BCUT2D eigenvalue weighted by molar-refractivity contribution is 0.0969. The van der Waals surface area contributed by atoms with Gasteiger partial charge in [-0.25, -0.2) is 0 Å². The van der Waals surface area contributed by atoms with E-state index in [2.05, 4.69) is 5.32 Å². The molecule has 0 bridgehead atoms. The molecule has 140 valence electrons. The lowest BCUT2D eigenvalue weighted by Gasteiger charge is -2.20. The number of anilines is 1. The van der Waals surface area contributed by atoms with Gasteiger partial charge in [0.1, 0.15) is 6.04 Å². The van der Waals surface area contributed by atoms with Crippen LogP contribution in [0.25, 0.3) is 0 Å². The van der Waals surface area contributed by atoms with Crippen LogP contribution >= 0.6 is 0 Å². The van der Waals surface area contributed by atoms with Crippen molar-refractivity contribution in [3.63, 3.8) is 0 Å². The van der Waals surface area contributed by atoms with E-state index < -0.39 is 6.04 Å². The molecule has 6 heteroatoms. The first-order valence-corrected chi connectivity index (χ1v) is 8.93. The Morgan fingerprint density at radius 1 is 0.750 bits per heavy atom. The molecule has 2 heterocycles. The van der Waals surface area contributed by atoms with E-state index in [0.717, 1.165) is 11.3 Å². The number of benzene rings is 3. The number of fused-ring (bicyclic) bond motifs is 2. The highest BCUT2D eigenvalue weighted by Gasteiger charge is 2.26. The van der Waals surface area contributed by atoms with Crippen molar-refractivity contribution in [2.75, 3.05) is 18.9 Å². The maximum absolute atomic E-state index is 13.4. The number of Topliss-reactive ketones (excluding diaryl/α,β-unsaturated/α-hetero) is 1. The Kier molecular flexibility index (Phi) is 4.01. The minimum atomic E-state index is -0.600. The van der Waals surface area contributed by atoms with Crippen molar-refractivity contribution in [1.82, 2.24) is 0 Å². The maximum atomic E-state index is 13.4. The van der Waals surface area contributed by atoms with Crippen LogP contribution < -0.4 is 24.3 Å². The number of nitrogens with one attached hydrogen (secondary N) is 1. The second-order valence-corrected chi connectivity index (χ2v) is 6.49. The first-order valence-electron chi connectivity index (χ1n) is 8.93. The minimum absolute atomic E-state index is 0.0824. The fourth-order valence-electron chi connectivity index (χ4n) is 3.31. The van der Waals surface area contributed by atoms with Crippen LogP contribution in [0.2, 0.25) is 0 Å². The van der Waals surface area contributed by atoms with E-state index in [9.17, 15) is 4.79 Å². The van der Waals surface area contributed by atoms with Crippen molar-refractivity contribution in [2.45, 2.75) is 6.04 Å². The van der Waals surface area contributed by atoms with Crippen LogP contribution in [0, 0.1) is 0 Å². The Hall–Kier alpha value is -3.67. The average molecular weight is 375 g/mol. The maximum Gasteiger partial charge on any atom is 0.231 e. The smallest absolute Gasteiger partial charge is 0.231 e. The van der Waals surface area contributed by atoms with Gasteiger partial charge in [-0.1, -0.05) is 24.3 Å². The SMILES string of the molecule is O=C(c1ccc2c(c1)OCO2)[C@H](Nc1ccccc1)c1ccc2c(c1)OCO2. The molecule has 0 unspecified atom stereocenters. The molecule has 0 aromatic heterocycles. The Bertz CT molecular complexity index is 1030. The van der Waals surface area contributed by atoms with Gasteiger partial charge in [0.25, 0.3) is 0 Å². The van der Waals surface area contributed by atoms with Gasteiger partial charge in [0.05, 0.1) is 0 Å². The molecule has 1 atom stereocenters. The largest absolute Gasteiger partial charge is 0.454 e. The van der Waals surface area contributed by atoms with E-state index in [-0.39, 0.29) is 19.4 Å². The summed E-state index contributed by atoms with van der Waals surface area (Å²) in [7, 11) is 0. The van der Waals surface area contributed by atoms with Gasteiger partial charge in [-0.05, 0) is 48.0 Å². The van der Waals surface area contributed by atoms with Crippen LogP contribution in [0.3, 0.4) is 0 Å². The van der Waals surface area contributed by atoms with Crippen molar-refractivity contribution < 1.29 is 23.7 Å². The number of hydrogen-bond acceptors (Lipinski definition) is 6. The summed E-state index contributed by atoms with van der Waals surface area (Å²) in [4.78, 5) is 13.4. The van der Waals surface area contributed by atoms with Gasteiger partial charge in [-0.3, -0.25) is 4.79 Å². The summed E-state index contributed by atoms with van der Waals surface area (Å²) >= 11 is 0. The third-order valence-electron chi connectivity index (χ3n) is 4.73. The van der Waals surface area contributed by atoms with Gasteiger partial charge in [0.15, 0.2) is 28.8 Å². The molecule has 2 aliphatic heterocycles. The van der Waals surface area contributed by atoms with Gasteiger partial charge >= 0.3 is 0 Å². The number of carbonyl (C=O) groups is 1. The van der Waals surface area contributed by atoms with E-state index in [1.807, 2.05) is 48.5 Å². The molecular weight excluding hydrogens is 358 g/mol. The molecule has 0 saturated carbocycles. The first-order chi connectivity index (χ1) is 13.8. The summed E-state index contributed by atoms with van der Waals surface area (Å²) in [6, 6.07) is 19.8. The molecule has 5 rings (SSSR count). The predicted octanol–water partition coefficient (Wildman–Crippen LogP) is 4.18. The second kappa shape index (κ2) is 6.81. The molecular formula is C22H17NO5. The van der Waals surface area contributed by atoms with Crippen molar-refractivity contribution in [1.29, 1.82) is 0 Å². The van der Waals surface area contributed by atoms with Crippen molar-refractivity contribution >= 4 is 11.5 Å². The van der Waals surface area contributed by atoms with Gasteiger partial charge in [0, 0.05) is 11.3 Å². The Morgan fingerprint density at radius 2 is 1.39 bits per heavy atom. The molecule has 0 fully saturated rings. The molecule has 6 nitrogen and oxygen atoms in total. The molecule has 0 aliphatic carbocycles. The lowest BCUT2D eigenvalue weighted by Crippen LogP contribution is -2.21. The minimum Gasteiger partial charge on any atom is -0.454 e. The van der Waals surface area contributed by atoms with Gasteiger partial charge < -0.3 is 24.3 Å². The van der Waals surface area contributed by atoms with Gasteiger partial charge in [-0.15, -0.1) is 0 Å². The molecule has 0 amide bonds. The number of rotatable bonds is 5. The van der Waals surface area contributed by atoms with Crippen molar-refractivity contribution in [3.05, 3.63) is 77.9 Å². The summed E-state index contributed by atoms with van der Waals surface area (Å²) in [5, 5.41) is 3.33. The second-order valence-electron chi connectivity index (χ2n) is 6.49. The fourth-order valence-corrected chi connectivity index (χ4v) is 3.31. The van der Waals surface area contributed by atoms with Crippen LogP contribution in [-0.2, 0) is 0 Å². The average Bonchev–Trinajstić information content (AvgIpc) is 3.40. The molecule has 2 aliphatic rings. The molecule has 1 N–H and O–H groups in total. The first kappa shape index (κ1) is 16.5. The Morgan fingerprint density at radius 3 is 2.14 bits per heavy atom. The number of para-hydroxylation sites is 1. The van der Waals surface area contributed by atoms with Crippen LogP contribution in [-0.4, -0.2) is 19.4 Å². The number of hydrogen-bond donors (Lipinski definition) is 1. The number of carbonyl (C=O) groups excluding carboxylic acids is 1. The fraction of sp³-hybridized carbons (Fsp3) is 0.136. The summed E-state index contributed by atoms with van der Waals surface area (Å²) in [5.74, 6) is 2.46. The Labute approximate surface area is 161 Å². The highest BCUT2D eigenvalue weighted by Crippen LogP contribution is 2.37. The third kappa shape index (κ3) is 2.99. The summed E-state index contributed by atoms with van der Waals surface area (Å²) in [5.41, 5.74) is 2.17. The summed E-state index contributed by atoms with van der Waals surface area (Å²) in [6.07, 6.45) is 0. The van der Waals surface area contributed by atoms with Crippen LogP contribution in [0.15, 0.2) is 66.7 Å². The zero-order chi connectivity index (χ0) is 18.9.